The normalized spacial score (nSPS) is 21.8. The molecular weight excluding hydrogens is 559 g/mol. The molecule has 1 N–H and O–H groups in total. The van der Waals surface area contributed by atoms with Crippen molar-refractivity contribution in [1.29, 1.82) is 0 Å². The van der Waals surface area contributed by atoms with Crippen LogP contribution in [0.4, 0.5) is 18.9 Å². The molecule has 3 amide bonds. The second-order valence-electron chi connectivity index (χ2n) is 12.6. The summed E-state index contributed by atoms with van der Waals surface area (Å²) in [5, 5.41) is 11.2. The standard InChI is InChI=1S/C33H38F3N3O4/c34-33(35,36)25-9-4-8-24(20-25)32(43)14-18-38(19-15-32)29(40)23-12-16-37(17-13-23)27-11-5-10-26-28(27)31(42)39(30(26)41)21-22-6-2-1-3-7-22/h4-5,8-11,20,22-23,43H,1-3,6-7,12-19,21H2. The molecule has 2 aromatic carbocycles. The van der Waals surface area contributed by atoms with E-state index in [0.29, 0.717) is 49.5 Å². The summed E-state index contributed by atoms with van der Waals surface area (Å²) in [7, 11) is 0. The van der Waals surface area contributed by atoms with Gasteiger partial charge < -0.3 is 14.9 Å². The Bertz CT molecular complexity index is 1390. The first-order valence-electron chi connectivity index (χ1n) is 15.5. The van der Waals surface area contributed by atoms with Gasteiger partial charge in [-0.25, -0.2) is 0 Å². The molecule has 2 saturated heterocycles. The molecule has 7 nitrogen and oxygen atoms in total. The number of imide groups is 1. The number of anilines is 1. The van der Waals surface area contributed by atoms with Crippen molar-refractivity contribution in [2.75, 3.05) is 37.6 Å². The van der Waals surface area contributed by atoms with E-state index in [1.54, 1.807) is 11.0 Å². The number of hydrogen-bond donors (Lipinski definition) is 1. The van der Waals surface area contributed by atoms with Crippen molar-refractivity contribution < 1.29 is 32.7 Å². The molecule has 1 saturated carbocycles. The molecular formula is C33H38F3N3O4. The lowest BCUT2D eigenvalue weighted by atomic mass is 9.83. The highest BCUT2D eigenvalue weighted by atomic mass is 19.4. The van der Waals surface area contributed by atoms with Gasteiger partial charge in [0.15, 0.2) is 0 Å². The van der Waals surface area contributed by atoms with Crippen LogP contribution in [0.25, 0.3) is 0 Å². The van der Waals surface area contributed by atoms with Crippen LogP contribution in [0.1, 0.15) is 89.6 Å². The summed E-state index contributed by atoms with van der Waals surface area (Å²) in [5.74, 6) is -0.299. The number of halogens is 3. The Morgan fingerprint density at radius 2 is 1.56 bits per heavy atom. The number of aliphatic hydroxyl groups is 1. The zero-order valence-corrected chi connectivity index (χ0v) is 24.2. The highest BCUT2D eigenvalue weighted by Crippen LogP contribution is 2.39. The van der Waals surface area contributed by atoms with Gasteiger partial charge in [-0.1, -0.05) is 37.5 Å². The van der Waals surface area contributed by atoms with Gasteiger partial charge in [0, 0.05) is 38.6 Å². The summed E-state index contributed by atoms with van der Waals surface area (Å²) in [6.07, 6.45) is 2.60. The average molecular weight is 598 g/mol. The number of fused-ring (bicyclic) bond motifs is 1. The molecule has 0 atom stereocenters. The SMILES string of the molecule is O=C(C1CCN(c2cccc3c2C(=O)N(CC2CCCCC2)C3=O)CC1)N1CCC(O)(c2cccc(C(F)(F)F)c2)CC1. The van der Waals surface area contributed by atoms with Gasteiger partial charge in [-0.3, -0.25) is 19.3 Å². The first kappa shape index (κ1) is 29.7. The molecule has 3 heterocycles. The summed E-state index contributed by atoms with van der Waals surface area (Å²) >= 11 is 0. The highest BCUT2D eigenvalue weighted by Gasteiger charge is 2.42. The van der Waals surface area contributed by atoms with Crippen LogP contribution in [0.3, 0.4) is 0 Å². The van der Waals surface area contributed by atoms with E-state index in [1.165, 1.54) is 23.5 Å². The Hall–Kier alpha value is -3.40. The van der Waals surface area contributed by atoms with Crippen LogP contribution in [0.2, 0.25) is 0 Å². The lowest BCUT2D eigenvalue weighted by Gasteiger charge is -2.41. The van der Waals surface area contributed by atoms with Gasteiger partial charge in [-0.15, -0.1) is 0 Å². The topological polar surface area (TPSA) is 81.2 Å². The smallest absolute Gasteiger partial charge is 0.385 e. The minimum Gasteiger partial charge on any atom is -0.385 e. The number of benzene rings is 2. The number of nitrogens with zero attached hydrogens (tertiary/aromatic N) is 3. The number of piperidine rings is 2. The lowest BCUT2D eigenvalue weighted by Crippen LogP contribution is -2.49. The number of alkyl halides is 3. The van der Waals surface area contributed by atoms with Crippen molar-refractivity contribution in [3.05, 3.63) is 64.7 Å². The maximum atomic E-state index is 13.5. The predicted molar refractivity (Wildman–Crippen MR) is 154 cm³/mol. The Labute approximate surface area is 249 Å². The monoisotopic (exact) mass is 597 g/mol. The van der Waals surface area contributed by atoms with E-state index < -0.39 is 17.3 Å². The number of likely N-dealkylation sites (tertiary alicyclic amines) is 1. The molecule has 0 unspecified atom stereocenters. The van der Waals surface area contributed by atoms with Crippen LogP contribution in [-0.2, 0) is 16.6 Å². The quantitative estimate of drug-likeness (QED) is 0.454. The Balaban J connectivity index is 1.06. The summed E-state index contributed by atoms with van der Waals surface area (Å²) in [4.78, 5) is 45.3. The Kier molecular flexibility index (Phi) is 8.00. The van der Waals surface area contributed by atoms with Crippen molar-refractivity contribution in [3.63, 3.8) is 0 Å². The fourth-order valence-electron chi connectivity index (χ4n) is 7.37. The van der Waals surface area contributed by atoms with Gasteiger partial charge >= 0.3 is 6.18 Å². The molecule has 0 bridgehead atoms. The van der Waals surface area contributed by atoms with E-state index in [9.17, 15) is 32.7 Å². The Morgan fingerprint density at radius 3 is 2.23 bits per heavy atom. The fourth-order valence-corrected chi connectivity index (χ4v) is 7.37. The van der Waals surface area contributed by atoms with E-state index in [4.69, 9.17) is 0 Å². The van der Waals surface area contributed by atoms with Crippen molar-refractivity contribution >= 4 is 23.4 Å². The van der Waals surface area contributed by atoms with E-state index in [1.807, 2.05) is 12.1 Å². The number of hydrogen-bond acceptors (Lipinski definition) is 5. The number of carbonyl (C=O) groups is 3. The molecule has 230 valence electrons. The molecule has 2 aromatic rings. The van der Waals surface area contributed by atoms with Crippen molar-refractivity contribution in [1.82, 2.24) is 9.80 Å². The maximum Gasteiger partial charge on any atom is 0.416 e. The maximum absolute atomic E-state index is 13.5. The lowest BCUT2D eigenvalue weighted by molar-refractivity contribution is -0.140. The number of amides is 3. The molecule has 1 aliphatic carbocycles. The third kappa shape index (κ3) is 5.78. The van der Waals surface area contributed by atoms with Crippen LogP contribution < -0.4 is 4.90 Å². The van der Waals surface area contributed by atoms with Crippen LogP contribution in [0.15, 0.2) is 42.5 Å². The van der Waals surface area contributed by atoms with Gasteiger partial charge in [-0.2, -0.15) is 13.2 Å². The number of rotatable bonds is 5. The van der Waals surface area contributed by atoms with Gasteiger partial charge in [-0.05, 0) is 74.3 Å². The van der Waals surface area contributed by atoms with E-state index >= 15 is 0 Å². The van der Waals surface area contributed by atoms with Crippen LogP contribution in [0, 0.1) is 11.8 Å². The minimum atomic E-state index is -4.49. The molecule has 43 heavy (non-hydrogen) atoms. The third-order valence-electron chi connectivity index (χ3n) is 9.96. The van der Waals surface area contributed by atoms with Crippen molar-refractivity contribution in [2.45, 2.75) is 69.6 Å². The summed E-state index contributed by atoms with van der Waals surface area (Å²) < 4.78 is 39.6. The summed E-state index contributed by atoms with van der Waals surface area (Å²) in [5.41, 5.74) is -0.309. The molecule has 0 spiro atoms. The molecule has 3 aliphatic heterocycles. The van der Waals surface area contributed by atoms with Gasteiger partial charge in [0.1, 0.15) is 0 Å². The van der Waals surface area contributed by atoms with Crippen LogP contribution >= 0.6 is 0 Å². The summed E-state index contributed by atoms with van der Waals surface area (Å²) in [6.45, 7) is 2.15. The first-order valence-corrected chi connectivity index (χ1v) is 15.5. The average Bonchev–Trinajstić information content (AvgIpc) is 3.26. The minimum absolute atomic E-state index is 0.00561. The summed E-state index contributed by atoms with van der Waals surface area (Å²) in [6, 6.07) is 10.2. The van der Waals surface area contributed by atoms with E-state index in [2.05, 4.69) is 4.90 Å². The van der Waals surface area contributed by atoms with Crippen molar-refractivity contribution in [3.8, 4) is 0 Å². The second kappa shape index (κ2) is 11.6. The van der Waals surface area contributed by atoms with Gasteiger partial charge in [0.2, 0.25) is 5.91 Å². The largest absolute Gasteiger partial charge is 0.416 e. The molecule has 4 aliphatic rings. The van der Waals surface area contributed by atoms with E-state index in [-0.39, 0.29) is 55.1 Å². The highest BCUT2D eigenvalue weighted by molar-refractivity contribution is 6.23. The predicted octanol–water partition coefficient (Wildman–Crippen LogP) is 5.61. The fraction of sp³-hybridized carbons (Fsp3) is 0.545. The third-order valence-corrected chi connectivity index (χ3v) is 9.96. The first-order chi connectivity index (χ1) is 20.5. The number of carbonyl (C=O) groups excluding carboxylic acids is 3. The molecule has 3 fully saturated rings. The van der Waals surface area contributed by atoms with E-state index in [0.717, 1.165) is 43.5 Å². The van der Waals surface area contributed by atoms with Gasteiger partial charge in [0.05, 0.1) is 28.0 Å². The molecule has 10 heteroatoms. The second-order valence-corrected chi connectivity index (χ2v) is 12.6. The Morgan fingerprint density at radius 1 is 0.884 bits per heavy atom. The zero-order chi connectivity index (χ0) is 30.4. The van der Waals surface area contributed by atoms with Gasteiger partial charge in [0.25, 0.3) is 11.8 Å². The molecule has 0 radical (unpaired) electrons. The van der Waals surface area contributed by atoms with Crippen LogP contribution in [-0.4, -0.2) is 65.4 Å². The van der Waals surface area contributed by atoms with Crippen LogP contribution in [0.5, 0.6) is 0 Å². The van der Waals surface area contributed by atoms with Crippen molar-refractivity contribution in [2.24, 2.45) is 11.8 Å². The zero-order valence-electron chi connectivity index (χ0n) is 24.2. The molecule has 0 aromatic heterocycles. The molecule has 6 rings (SSSR count).